The van der Waals surface area contributed by atoms with Crippen LogP contribution < -0.4 is 4.74 Å². The van der Waals surface area contributed by atoms with E-state index in [1.807, 2.05) is 0 Å². The summed E-state index contributed by atoms with van der Waals surface area (Å²) in [6.07, 6.45) is 2.01. The number of sulfonamides is 1. The Morgan fingerprint density at radius 3 is 2.65 bits per heavy atom. The van der Waals surface area contributed by atoms with E-state index in [-0.39, 0.29) is 12.3 Å². The number of carbonyl (C=O) groups excluding carboxylic acids is 1. The molecule has 0 radical (unpaired) electrons. The first-order chi connectivity index (χ1) is 10.8. The average Bonchev–Trinajstić information content (AvgIpc) is 2.73. The molecule has 0 aliphatic carbocycles. The van der Waals surface area contributed by atoms with E-state index in [1.54, 1.807) is 30.2 Å². The van der Waals surface area contributed by atoms with E-state index >= 15 is 0 Å². The Labute approximate surface area is 142 Å². The number of hydrogen-bond acceptors (Lipinski definition) is 4. The topological polar surface area (TPSA) is 66.9 Å². The Balaban J connectivity index is 2.05. The molecule has 1 fully saturated rings. The molecule has 1 aliphatic rings. The SMILES string of the molecule is COc1ccc(Cl)cc1CC(=O)N1CCCN(S(C)(=O)=O)CC1. The van der Waals surface area contributed by atoms with E-state index in [4.69, 9.17) is 16.3 Å². The summed E-state index contributed by atoms with van der Waals surface area (Å²) in [7, 11) is -1.67. The van der Waals surface area contributed by atoms with E-state index in [0.29, 0.717) is 43.4 Å². The van der Waals surface area contributed by atoms with Gasteiger partial charge >= 0.3 is 0 Å². The van der Waals surface area contributed by atoms with Crippen LogP contribution in [0, 0.1) is 0 Å². The van der Waals surface area contributed by atoms with Crippen LogP contribution in [-0.4, -0.2) is 63.1 Å². The molecular weight excluding hydrogens is 340 g/mol. The molecule has 0 aromatic heterocycles. The van der Waals surface area contributed by atoms with Crippen LogP contribution in [0.3, 0.4) is 0 Å². The average molecular weight is 361 g/mol. The summed E-state index contributed by atoms with van der Waals surface area (Å²) in [5, 5.41) is 0.549. The van der Waals surface area contributed by atoms with Crippen molar-refractivity contribution in [2.45, 2.75) is 12.8 Å². The van der Waals surface area contributed by atoms with Gasteiger partial charge in [-0.15, -0.1) is 0 Å². The maximum Gasteiger partial charge on any atom is 0.227 e. The molecule has 128 valence electrons. The number of carbonyl (C=O) groups is 1. The second-order valence-corrected chi connectivity index (χ2v) is 7.95. The Morgan fingerprint density at radius 2 is 2.00 bits per heavy atom. The molecule has 0 N–H and O–H groups in total. The van der Waals surface area contributed by atoms with Crippen molar-refractivity contribution in [1.82, 2.24) is 9.21 Å². The standard InChI is InChI=1S/C15H21ClN2O4S/c1-22-14-5-4-13(16)10-12(14)11-15(19)17-6-3-7-18(9-8-17)23(2,20)21/h4-5,10H,3,6-9,11H2,1-2H3. The minimum absolute atomic E-state index is 0.0547. The third-order valence-corrected chi connectivity index (χ3v) is 5.40. The Morgan fingerprint density at radius 1 is 1.26 bits per heavy atom. The lowest BCUT2D eigenvalue weighted by molar-refractivity contribution is -0.130. The van der Waals surface area contributed by atoms with Crippen LogP contribution >= 0.6 is 11.6 Å². The number of hydrogen-bond donors (Lipinski definition) is 0. The van der Waals surface area contributed by atoms with Gasteiger partial charge in [-0.3, -0.25) is 4.79 Å². The quantitative estimate of drug-likeness (QED) is 0.813. The van der Waals surface area contributed by atoms with Gasteiger partial charge in [-0.25, -0.2) is 12.7 Å². The molecule has 0 spiro atoms. The molecule has 1 aliphatic heterocycles. The predicted molar refractivity (Wildman–Crippen MR) is 89.3 cm³/mol. The van der Waals surface area contributed by atoms with Gasteiger partial charge in [0.2, 0.25) is 15.9 Å². The van der Waals surface area contributed by atoms with E-state index in [1.165, 1.54) is 10.6 Å². The van der Waals surface area contributed by atoms with Crippen LogP contribution in [0.1, 0.15) is 12.0 Å². The maximum atomic E-state index is 12.5. The van der Waals surface area contributed by atoms with Crippen LogP contribution in [0.5, 0.6) is 5.75 Å². The first-order valence-corrected chi connectivity index (χ1v) is 9.59. The van der Waals surface area contributed by atoms with Crippen LogP contribution in [0.25, 0.3) is 0 Å². The van der Waals surface area contributed by atoms with Crippen molar-refractivity contribution < 1.29 is 17.9 Å². The van der Waals surface area contributed by atoms with E-state index in [2.05, 4.69) is 0 Å². The number of rotatable bonds is 4. The molecule has 1 aromatic rings. The molecule has 8 heteroatoms. The zero-order valence-corrected chi connectivity index (χ0v) is 14.9. The van der Waals surface area contributed by atoms with Crippen molar-refractivity contribution in [3.63, 3.8) is 0 Å². The summed E-state index contributed by atoms with van der Waals surface area (Å²) in [5.74, 6) is 0.566. The fraction of sp³-hybridized carbons (Fsp3) is 0.533. The normalized spacial score (nSPS) is 16.9. The van der Waals surface area contributed by atoms with Crippen LogP contribution in [0.2, 0.25) is 5.02 Å². The molecular formula is C15H21ClN2O4S. The van der Waals surface area contributed by atoms with Crippen molar-refractivity contribution in [1.29, 1.82) is 0 Å². The molecule has 2 rings (SSSR count). The Kier molecular flexibility index (Phi) is 5.89. The molecule has 1 heterocycles. The van der Waals surface area contributed by atoms with E-state index < -0.39 is 10.0 Å². The number of nitrogens with zero attached hydrogens (tertiary/aromatic N) is 2. The highest BCUT2D eigenvalue weighted by atomic mass is 35.5. The minimum atomic E-state index is -3.22. The minimum Gasteiger partial charge on any atom is -0.496 e. The summed E-state index contributed by atoms with van der Waals surface area (Å²) < 4.78 is 29.9. The fourth-order valence-corrected chi connectivity index (χ4v) is 3.70. The van der Waals surface area contributed by atoms with Crippen LogP contribution in [0.15, 0.2) is 18.2 Å². The van der Waals surface area contributed by atoms with Crippen LogP contribution in [-0.2, 0) is 21.2 Å². The summed E-state index contributed by atoms with van der Waals surface area (Å²) in [6.45, 7) is 1.73. The number of halogens is 1. The van der Waals surface area contributed by atoms with E-state index in [0.717, 1.165) is 5.56 Å². The molecule has 1 saturated heterocycles. The third kappa shape index (κ3) is 4.83. The van der Waals surface area contributed by atoms with Gasteiger partial charge in [0.15, 0.2) is 0 Å². The Hall–Kier alpha value is -1.31. The van der Waals surface area contributed by atoms with Crippen LogP contribution in [0.4, 0.5) is 0 Å². The van der Waals surface area contributed by atoms with Gasteiger partial charge in [-0.2, -0.15) is 0 Å². The van der Waals surface area contributed by atoms with Gasteiger partial charge in [-0.05, 0) is 24.6 Å². The Bertz CT molecular complexity index is 678. The number of amides is 1. The third-order valence-electron chi connectivity index (χ3n) is 3.86. The van der Waals surface area contributed by atoms with Gasteiger partial charge in [0.1, 0.15) is 5.75 Å². The van der Waals surface area contributed by atoms with Gasteiger partial charge in [0.05, 0.1) is 19.8 Å². The molecule has 0 saturated carbocycles. The molecule has 0 atom stereocenters. The maximum absolute atomic E-state index is 12.5. The van der Waals surface area contributed by atoms with E-state index in [9.17, 15) is 13.2 Å². The van der Waals surface area contributed by atoms with Crippen molar-refractivity contribution in [3.8, 4) is 5.75 Å². The zero-order chi connectivity index (χ0) is 17.0. The molecule has 0 unspecified atom stereocenters. The number of ether oxygens (including phenoxy) is 1. The van der Waals surface area contributed by atoms with Crippen molar-refractivity contribution in [3.05, 3.63) is 28.8 Å². The fourth-order valence-electron chi connectivity index (χ4n) is 2.63. The highest BCUT2D eigenvalue weighted by molar-refractivity contribution is 7.88. The molecule has 1 aromatic carbocycles. The second kappa shape index (κ2) is 7.51. The second-order valence-electron chi connectivity index (χ2n) is 5.53. The monoisotopic (exact) mass is 360 g/mol. The van der Waals surface area contributed by atoms with Gasteiger partial charge in [0, 0.05) is 36.8 Å². The van der Waals surface area contributed by atoms with Crippen molar-refractivity contribution in [2.75, 3.05) is 39.5 Å². The first kappa shape index (κ1) is 18.0. The highest BCUT2D eigenvalue weighted by Crippen LogP contribution is 2.23. The van der Waals surface area contributed by atoms with Gasteiger partial charge in [-0.1, -0.05) is 11.6 Å². The summed E-state index contributed by atoms with van der Waals surface area (Å²) in [5.41, 5.74) is 0.731. The largest absolute Gasteiger partial charge is 0.496 e. The van der Waals surface area contributed by atoms with Gasteiger partial charge < -0.3 is 9.64 Å². The van der Waals surface area contributed by atoms with Crippen molar-refractivity contribution in [2.24, 2.45) is 0 Å². The summed E-state index contributed by atoms with van der Waals surface area (Å²) >= 11 is 5.98. The lowest BCUT2D eigenvalue weighted by atomic mass is 10.1. The zero-order valence-electron chi connectivity index (χ0n) is 13.3. The van der Waals surface area contributed by atoms with Crippen molar-refractivity contribution >= 4 is 27.5 Å². The predicted octanol–water partition coefficient (Wildman–Crippen LogP) is 1.39. The molecule has 6 nitrogen and oxygen atoms in total. The lowest BCUT2D eigenvalue weighted by Gasteiger charge is -2.21. The summed E-state index contributed by atoms with van der Waals surface area (Å²) in [4.78, 5) is 14.2. The number of methoxy groups -OCH3 is 1. The highest BCUT2D eigenvalue weighted by Gasteiger charge is 2.24. The number of benzene rings is 1. The molecule has 1 amide bonds. The summed E-state index contributed by atoms with van der Waals surface area (Å²) in [6, 6.07) is 5.17. The molecule has 23 heavy (non-hydrogen) atoms. The first-order valence-electron chi connectivity index (χ1n) is 7.36. The lowest BCUT2D eigenvalue weighted by Crippen LogP contribution is -2.37. The molecule has 0 bridgehead atoms. The van der Waals surface area contributed by atoms with Gasteiger partial charge in [0.25, 0.3) is 0 Å². The smallest absolute Gasteiger partial charge is 0.227 e.